The topological polar surface area (TPSA) is 47.3 Å². The lowest BCUT2D eigenvalue weighted by atomic mass is 10.2. The quantitative estimate of drug-likeness (QED) is 0.722. The Labute approximate surface area is 135 Å². The van der Waals surface area contributed by atoms with Crippen LogP contribution >= 0.6 is 23.2 Å². The number of anilines is 3. The number of ether oxygens (including phenoxy) is 1. The predicted molar refractivity (Wildman–Crippen MR) is 91.1 cm³/mol. The number of aryl methyl sites for hydroxylation is 1. The zero-order chi connectivity index (χ0) is 15.4. The summed E-state index contributed by atoms with van der Waals surface area (Å²) < 4.78 is 5.61. The highest BCUT2D eigenvalue weighted by molar-refractivity contribution is 6.35. The third kappa shape index (κ3) is 3.74. The van der Waals surface area contributed by atoms with Crippen molar-refractivity contribution in [1.29, 1.82) is 0 Å². The van der Waals surface area contributed by atoms with Crippen molar-refractivity contribution in [2.75, 3.05) is 17.7 Å². The molecular weight excluding hydrogens is 307 g/mol. The molecule has 0 saturated heterocycles. The van der Waals surface area contributed by atoms with Crippen LogP contribution in [0.4, 0.5) is 17.1 Å². The largest absolute Gasteiger partial charge is 0.491 e. The summed E-state index contributed by atoms with van der Waals surface area (Å²) in [6.45, 7) is 4.59. The van der Waals surface area contributed by atoms with Gasteiger partial charge in [-0.1, -0.05) is 36.2 Å². The summed E-state index contributed by atoms with van der Waals surface area (Å²) in [7, 11) is 0. The summed E-state index contributed by atoms with van der Waals surface area (Å²) in [6.07, 6.45) is 0.927. The smallest absolute Gasteiger partial charge is 0.144 e. The van der Waals surface area contributed by atoms with Crippen molar-refractivity contribution in [2.24, 2.45) is 0 Å². The first-order chi connectivity index (χ1) is 10.0. The summed E-state index contributed by atoms with van der Waals surface area (Å²) in [5.41, 5.74) is 9.07. The van der Waals surface area contributed by atoms with Gasteiger partial charge in [0.15, 0.2) is 0 Å². The van der Waals surface area contributed by atoms with Crippen LogP contribution in [-0.2, 0) is 0 Å². The van der Waals surface area contributed by atoms with E-state index in [2.05, 4.69) is 5.32 Å². The summed E-state index contributed by atoms with van der Waals surface area (Å²) in [6, 6.07) is 9.21. The normalized spacial score (nSPS) is 10.5. The average Bonchev–Trinajstić information content (AvgIpc) is 2.45. The molecule has 3 nitrogen and oxygen atoms in total. The standard InChI is InChI=1S/C16H18Cl2N2O/c1-3-7-21-15-6-4-5-13(16(15)19)20-14-9-11(17)10(2)8-12(14)18/h4-6,8-9,20H,3,7,19H2,1-2H3. The Morgan fingerprint density at radius 3 is 2.62 bits per heavy atom. The van der Waals surface area contributed by atoms with E-state index in [4.69, 9.17) is 33.7 Å². The molecule has 112 valence electrons. The average molecular weight is 325 g/mol. The number of nitrogens with two attached hydrogens (primary N) is 1. The molecule has 0 aliphatic heterocycles. The van der Waals surface area contributed by atoms with E-state index in [9.17, 15) is 0 Å². The van der Waals surface area contributed by atoms with Gasteiger partial charge in [0, 0.05) is 5.02 Å². The van der Waals surface area contributed by atoms with Crippen LogP contribution in [0.5, 0.6) is 5.75 Å². The van der Waals surface area contributed by atoms with Gasteiger partial charge in [-0.2, -0.15) is 0 Å². The molecule has 21 heavy (non-hydrogen) atoms. The van der Waals surface area contributed by atoms with Gasteiger partial charge in [0.2, 0.25) is 0 Å². The van der Waals surface area contributed by atoms with Gasteiger partial charge in [0.05, 0.1) is 28.7 Å². The second kappa shape index (κ2) is 6.92. The number of para-hydroxylation sites is 1. The fraction of sp³-hybridized carbons (Fsp3) is 0.250. The van der Waals surface area contributed by atoms with Crippen LogP contribution in [0.3, 0.4) is 0 Å². The van der Waals surface area contributed by atoms with Crippen molar-refractivity contribution in [2.45, 2.75) is 20.3 Å². The van der Waals surface area contributed by atoms with Crippen molar-refractivity contribution in [3.05, 3.63) is 45.9 Å². The lowest BCUT2D eigenvalue weighted by Crippen LogP contribution is -2.02. The Bertz CT molecular complexity index is 644. The third-order valence-electron chi connectivity index (χ3n) is 3.05. The molecule has 5 heteroatoms. The van der Waals surface area contributed by atoms with Gasteiger partial charge in [-0.3, -0.25) is 0 Å². The molecule has 0 fully saturated rings. The SMILES string of the molecule is CCCOc1cccc(Nc2cc(Cl)c(C)cc2Cl)c1N. The van der Waals surface area contributed by atoms with Crippen LogP contribution < -0.4 is 15.8 Å². The van der Waals surface area contributed by atoms with Crippen LogP contribution in [-0.4, -0.2) is 6.61 Å². The highest BCUT2D eigenvalue weighted by atomic mass is 35.5. The lowest BCUT2D eigenvalue weighted by molar-refractivity contribution is 0.319. The van der Waals surface area contributed by atoms with Crippen molar-refractivity contribution < 1.29 is 4.74 Å². The summed E-state index contributed by atoms with van der Waals surface area (Å²) in [4.78, 5) is 0. The minimum absolute atomic E-state index is 0.554. The Morgan fingerprint density at radius 1 is 1.14 bits per heavy atom. The van der Waals surface area contributed by atoms with Crippen LogP contribution in [0.25, 0.3) is 0 Å². The highest BCUT2D eigenvalue weighted by Gasteiger charge is 2.09. The number of nitrogen functional groups attached to an aromatic ring is 1. The van der Waals surface area contributed by atoms with E-state index in [0.29, 0.717) is 33.8 Å². The second-order valence-corrected chi connectivity index (χ2v) is 5.59. The molecule has 3 N–H and O–H groups in total. The van der Waals surface area contributed by atoms with Crippen LogP contribution in [0.15, 0.2) is 30.3 Å². The summed E-state index contributed by atoms with van der Waals surface area (Å²) in [5, 5.41) is 4.45. The molecule has 0 aliphatic rings. The minimum atomic E-state index is 0.554. The molecule has 0 bridgehead atoms. The molecule has 0 amide bonds. The monoisotopic (exact) mass is 324 g/mol. The number of rotatable bonds is 5. The first-order valence-corrected chi connectivity index (χ1v) is 7.52. The van der Waals surface area contributed by atoms with Crippen LogP contribution in [0, 0.1) is 6.92 Å². The Morgan fingerprint density at radius 2 is 1.90 bits per heavy atom. The Balaban J connectivity index is 2.29. The molecule has 0 radical (unpaired) electrons. The fourth-order valence-corrected chi connectivity index (χ4v) is 2.31. The number of halogens is 2. The first kappa shape index (κ1) is 15.8. The zero-order valence-corrected chi connectivity index (χ0v) is 13.6. The predicted octanol–water partition coefficient (Wildman–Crippen LogP) is 5.42. The van der Waals surface area contributed by atoms with Crippen LogP contribution in [0.2, 0.25) is 10.0 Å². The van der Waals surface area contributed by atoms with E-state index < -0.39 is 0 Å². The molecule has 2 aromatic carbocycles. The molecule has 0 atom stereocenters. The van der Waals surface area contributed by atoms with Gasteiger partial charge in [0.1, 0.15) is 5.75 Å². The van der Waals surface area contributed by atoms with E-state index in [0.717, 1.165) is 17.7 Å². The molecule has 0 spiro atoms. The summed E-state index contributed by atoms with van der Waals surface area (Å²) >= 11 is 12.4. The van der Waals surface area contributed by atoms with Gasteiger partial charge in [-0.05, 0) is 43.2 Å². The summed E-state index contributed by atoms with van der Waals surface area (Å²) in [5.74, 6) is 0.663. The van der Waals surface area contributed by atoms with Gasteiger partial charge in [-0.25, -0.2) is 0 Å². The highest BCUT2D eigenvalue weighted by Crippen LogP contribution is 2.35. The fourth-order valence-electron chi connectivity index (χ4n) is 1.88. The van der Waals surface area contributed by atoms with Crippen molar-refractivity contribution in [3.63, 3.8) is 0 Å². The maximum Gasteiger partial charge on any atom is 0.144 e. The maximum atomic E-state index is 6.23. The molecule has 0 aliphatic carbocycles. The molecule has 2 aromatic rings. The molecule has 0 aromatic heterocycles. The molecule has 2 rings (SSSR count). The minimum Gasteiger partial charge on any atom is -0.491 e. The number of nitrogens with one attached hydrogen (secondary N) is 1. The van der Waals surface area contributed by atoms with Gasteiger partial charge in [0.25, 0.3) is 0 Å². The van der Waals surface area contributed by atoms with Gasteiger partial charge < -0.3 is 15.8 Å². The Hall–Kier alpha value is -1.58. The van der Waals surface area contributed by atoms with Crippen molar-refractivity contribution >= 4 is 40.3 Å². The van der Waals surface area contributed by atoms with Gasteiger partial charge >= 0.3 is 0 Å². The zero-order valence-electron chi connectivity index (χ0n) is 12.0. The van der Waals surface area contributed by atoms with Crippen molar-refractivity contribution in [3.8, 4) is 5.75 Å². The van der Waals surface area contributed by atoms with E-state index in [-0.39, 0.29) is 0 Å². The number of hydrogen-bond acceptors (Lipinski definition) is 3. The van der Waals surface area contributed by atoms with Crippen LogP contribution in [0.1, 0.15) is 18.9 Å². The lowest BCUT2D eigenvalue weighted by Gasteiger charge is -2.15. The number of benzene rings is 2. The second-order valence-electron chi connectivity index (χ2n) is 4.77. The maximum absolute atomic E-state index is 6.23. The first-order valence-electron chi connectivity index (χ1n) is 6.77. The number of hydrogen-bond donors (Lipinski definition) is 2. The van der Waals surface area contributed by atoms with E-state index in [1.54, 1.807) is 6.07 Å². The third-order valence-corrected chi connectivity index (χ3v) is 3.77. The Kier molecular flexibility index (Phi) is 5.21. The van der Waals surface area contributed by atoms with E-state index in [1.165, 1.54) is 0 Å². The van der Waals surface area contributed by atoms with E-state index in [1.807, 2.05) is 38.1 Å². The molecular formula is C16H18Cl2N2O. The molecule has 0 saturated carbocycles. The van der Waals surface area contributed by atoms with Gasteiger partial charge in [-0.15, -0.1) is 0 Å². The molecule has 0 heterocycles. The van der Waals surface area contributed by atoms with Crippen molar-refractivity contribution in [1.82, 2.24) is 0 Å². The van der Waals surface area contributed by atoms with E-state index >= 15 is 0 Å². The molecule has 0 unspecified atom stereocenters.